The SMILES string of the molecule is CC(=O)N1CCN(c2ccc(NC(=O)NC3CCCCC3)nn2)CC1. The van der Waals surface area contributed by atoms with Gasteiger partial charge in [0.25, 0.3) is 0 Å². The van der Waals surface area contributed by atoms with E-state index in [4.69, 9.17) is 0 Å². The number of amides is 3. The van der Waals surface area contributed by atoms with E-state index >= 15 is 0 Å². The molecule has 0 bridgehead atoms. The van der Waals surface area contributed by atoms with Gasteiger partial charge in [-0.25, -0.2) is 4.79 Å². The van der Waals surface area contributed by atoms with Gasteiger partial charge in [0.05, 0.1) is 0 Å². The lowest BCUT2D eigenvalue weighted by Gasteiger charge is -2.34. The van der Waals surface area contributed by atoms with Crippen LogP contribution in [0.5, 0.6) is 0 Å². The van der Waals surface area contributed by atoms with Crippen molar-refractivity contribution in [3.8, 4) is 0 Å². The Morgan fingerprint density at radius 1 is 1.04 bits per heavy atom. The first-order chi connectivity index (χ1) is 12.1. The van der Waals surface area contributed by atoms with Crippen LogP contribution in [0.15, 0.2) is 12.1 Å². The number of nitrogens with zero attached hydrogens (tertiary/aromatic N) is 4. The first kappa shape index (κ1) is 17.4. The third kappa shape index (κ3) is 4.80. The number of hydrogen-bond acceptors (Lipinski definition) is 5. The van der Waals surface area contributed by atoms with Crippen molar-refractivity contribution >= 4 is 23.6 Å². The molecular formula is C17H26N6O2. The van der Waals surface area contributed by atoms with Crippen LogP contribution in [-0.2, 0) is 4.79 Å². The lowest BCUT2D eigenvalue weighted by Crippen LogP contribution is -2.48. The zero-order valence-electron chi connectivity index (χ0n) is 14.7. The van der Waals surface area contributed by atoms with Crippen molar-refractivity contribution in [3.63, 3.8) is 0 Å². The Hall–Kier alpha value is -2.38. The van der Waals surface area contributed by atoms with E-state index < -0.39 is 0 Å². The second kappa shape index (κ2) is 8.13. The summed E-state index contributed by atoms with van der Waals surface area (Å²) in [7, 11) is 0. The summed E-state index contributed by atoms with van der Waals surface area (Å²) in [5.74, 6) is 1.31. The topological polar surface area (TPSA) is 90.5 Å². The molecule has 1 aliphatic carbocycles. The van der Waals surface area contributed by atoms with Gasteiger partial charge in [-0.1, -0.05) is 19.3 Å². The maximum atomic E-state index is 12.0. The highest BCUT2D eigenvalue weighted by Crippen LogP contribution is 2.18. The number of nitrogens with one attached hydrogen (secondary N) is 2. The fraction of sp³-hybridized carbons (Fsp3) is 0.647. The summed E-state index contributed by atoms with van der Waals surface area (Å²) in [6.07, 6.45) is 5.70. The van der Waals surface area contributed by atoms with Crippen molar-refractivity contribution in [2.75, 3.05) is 36.4 Å². The summed E-state index contributed by atoms with van der Waals surface area (Å²) in [6.45, 7) is 4.46. The lowest BCUT2D eigenvalue weighted by atomic mass is 9.96. The second-order valence-corrected chi connectivity index (χ2v) is 6.70. The van der Waals surface area contributed by atoms with Crippen molar-refractivity contribution in [2.24, 2.45) is 0 Å². The van der Waals surface area contributed by atoms with Gasteiger partial charge in [0, 0.05) is 39.1 Å². The molecule has 1 aromatic heterocycles. The number of anilines is 2. The number of aromatic nitrogens is 2. The molecule has 1 saturated carbocycles. The Labute approximate surface area is 148 Å². The minimum atomic E-state index is -0.218. The van der Waals surface area contributed by atoms with Gasteiger partial charge in [-0.2, -0.15) is 0 Å². The van der Waals surface area contributed by atoms with Crippen LogP contribution in [0, 0.1) is 0 Å². The van der Waals surface area contributed by atoms with Crippen LogP contribution in [0.3, 0.4) is 0 Å². The fourth-order valence-corrected chi connectivity index (χ4v) is 3.40. The van der Waals surface area contributed by atoms with Crippen LogP contribution >= 0.6 is 0 Å². The van der Waals surface area contributed by atoms with Crippen LogP contribution in [-0.4, -0.2) is 59.3 Å². The number of urea groups is 1. The van der Waals surface area contributed by atoms with Gasteiger partial charge < -0.3 is 15.1 Å². The van der Waals surface area contributed by atoms with Gasteiger partial charge >= 0.3 is 6.03 Å². The van der Waals surface area contributed by atoms with Crippen LogP contribution in [0.2, 0.25) is 0 Å². The van der Waals surface area contributed by atoms with E-state index in [1.54, 1.807) is 13.0 Å². The van der Waals surface area contributed by atoms with E-state index in [0.717, 1.165) is 31.7 Å². The molecule has 0 aromatic carbocycles. The molecule has 0 unspecified atom stereocenters. The van der Waals surface area contributed by atoms with Gasteiger partial charge in [-0.05, 0) is 25.0 Å². The normalized spacial score (nSPS) is 18.8. The van der Waals surface area contributed by atoms with Gasteiger partial charge in [-0.3, -0.25) is 10.1 Å². The van der Waals surface area contributed by atoms with Crippen molar-refractivity contribution in [2.45, 2.75) is 45.1 Å². The maximum Gasteiger partial charge on any atom is 0.320 e. The van der Waals surface area contributed by atoms with Gasteiger partial charge in [0.2, 0.25) is 5.91 Å². The summed E-state index contributed by atoms with van der Waals surface area (Å²) in [5.41, 5.74) is 0. The fourth-order valence-electron chi connectivity index (χ4n) is 3.40. The van der Waals surface area contributed by atoms with E-state index in [0.29, 0.717) is 18.9 Å². The monoisotopic (exact) mass is 346 g/mol. The predicted octanol–water partition coefficient (Wildman–Crippen LogP) is 1.60. The average Bonchev–Trinajstić information content (AvgIpc) is 2.63. The van der Waals surface area contributed by atoms with E-state index in [1.807, 2.05) is 11.0 Å². The molecule has 0 spiro atoms. The summed E-state index contributed by atoms with van der Waals surface area (Å²) >= 11 is 0. The Morgan fingerprint density at radius 3 is 2.36 bits per heavy atom. The summed E-state index contributed by atoms with van der Waals surface area (Å²) < 4.78 is 0. The van der Waals surface area contributed by atoms with Crippen LogP contribution in [0.1, 0.15) is 39.0 Å². The Kier molecular flexibility index (Phi) is 5.67. The highest BCUT2D eigenvalue weighted by Gasteiger charge is 2.20. The number of piperazine rings is 1. The smallest absolute Gasteiger partial charge is 0.320 e. The molecule has 25 heavy (non-hydrogen) atoms. The van der Waals surface area contributed by atoms with E-state index in [2.05, 4.69) is 25.7 Å². The van der Waals surface area contributed by atoms with E-state index in [9.17, 15) is 9.59 Å². The molecule has 0 radical (unpaired) electrons. The molecule has 136 valence electrons. The van der Waals surface area contributed by atoms with Gasteiger partial charge in [0.1, 0.15) is 0 Å². The second-order valence-electron chi connectivity index (χ2n) is 6.70. The van der Waals surface area contributed by atoms with Crippen molar-refractivity contribution < 1.29 is 9.59 Å². The molecule has 2 heterocycles. The van der Waals surface area contributed by atoms with Crippen LogP contribution in [0.25, 0.3) is 0 Å². The standard InChI is InChI=1S/C17H26N6O2/c1-13(24)22-9-11-23(12-10-22)16-8-7-15(20-21-16)19-17(25)18-14-5-3-2-4-6-14/h7-8,14H,2-6,9-12H2,1H3,(H2,18,19,20,25). The van der Waals surface area contributed by atoms with Crippen LogP contribution in [0.4, 0.5) is 16.4 Å². The van der Waals surface area contributed by atoms with E-state index in [1.165, 1.54) is 19.3 Å². The molecule has 2 N–H and O–H groups in total. The summed E-state index contributed by atoms with van der Waals surface area (Å²) in [4.78, 5) is 27.3. The summed E-state index contributed by atoms with van der Waals surface area (Å²) in [6, 6.07) is 3.66. The molecule has 1 saturated heterocycles. The van der Waals surface area contributed by atoms with Gasteiger partial charge in [0.15, 0.2) is 11.6 Å². The summed E-state index contributed by atoms with van der Waals surface area (Å²) in [5, 5.41) is 14.0. The van der Waals surface area contributed by atoms with E-state index in [-0.39, 0.29) is 18.0 Å². The Bertz CT molecular complexity index is 592. The third-order valence-electron chi connectivity index (χ3n) is 4.88. The number of carbonyl (C=O) groups excluding carboxylic acids is 2. The molecule has 3 amide bonds. The number of hydrogen-bond donors (Lipinski definition) is 2. The van der Waals surface area contributed by atoms with Crippen LogP contribution < -0.4 is 15.5 Å². The van der Waals surface area contributed by atoms with Crippen molar-refractivity contribution in [1.82, 2.24) is 20.4 Å². The zero-order chi connectivity index (χ0) is 17.6. The molecule has 2 fully saturated rings. The molecule has 1 aromatic rings. The number of carbonyl (C=O) groups is 2. The van der Waals surface area contributed by atoms with Crippen molar-refractivity contribution in [3.05, 3.63) is 12.1 Å². The molecule has 8 heteroatoms. The molecule has 0 atom stereocenters. The highest BCUT2D eigenvalue weighted by molar-refractivity contribution is 5.88. The number of rotatable bonds is 3. The predicted molar refractivity (Wildman–Crippen MR) is 95.5 cm³/mol. The minimum Gasteiger partial charge on any atom is -0.352 e. The Balaban J connectivity index is 1.48. The molecule has 1 aliphatic heterocycles. The minimum absolute atomic E-state index is 0.106. The largest absolute Gasteiger partial charge is 0.352 e. The first-order valence-corrected chi connectivity index (χ1v) is 9.03. The zero-order valence-corrected chi connectivity index (χ0v) is 14.7. The first-order valence-electron chi connectivity index (χ1n) is 9.03. The van der Waals surface area contributed by atoms with Crippen molar-refractivity contribution in [1.29, 1.82) is 0 Å². The third-order valence-corrected chi connectivity index (χ3v) is 4.88. The molecule has 3 rings (SSSR count). The Morgan fingerprint density at radius 2 is 1.76 bits per heavy atom. The molecular weight excluding hydrogens is 320 g/mol. The molecule has 2 aliphatic rings. The molecule has 8 nitrogen and oxygen atoms in total. The highest BCUT2D eigenvalue weighted by atomic mass is 16.2. The maximum absolute atomic E-state index is 12.0. The van der Waals surface area contributed by atoms with Gasteiger partial charge in [-0.15, -0.1) is 10.2 Å². The average molecular weight is 346 g/mol. The lowest BCUT2D eigenvalue weighted by molar-refractivity contribution is -0.129. The quantitative estimate of drug-likeness (QED) is 0.867.